The van der Waals surface area contributed by atoms with E-state index >= 15 is 0 Å². The molecular weight excluding hydrogens is 495 g/mol. The molecule has 38 heavy (non-hydrogen) atoms. The molecule has 2 fully saturated rings. The fraction of sp³-hybridized carbons (Fsp3) is 0.517. The zero-order chi connectivity index (χ0) is 27.9. The number of amides is 3. The predicted octanol–water partition coefficient (Wildman–Crippen LogP) is 5.34. The van der Waals surface area contributed by atoms with Gasteiger partial charge in [-0.3, -0.25) is 4.79 Å². The van der Waals surface area contributed by atoms with Gasteiger partial charge in [-0.15, -0.1) is 0 Å². The zero-order valence-electron chi connectivity index (χ0n) is 22.5. The third-order valence-corrected chi connectivity index (χ3v) is 8.19. The number of benzene rings is 2. The Morgan fingerprint density at radius 3 is 2.39 bits per heavy atom. The summed E-state index contributed by atoms with van der Waals surface area (Å²) in [6, 6.07) is 10.6. The second-order valence-electron chi connectivity index (χ2n) is 10.8. The van der Waals surface area contributed by atoms with E-state index in [-0.39, 0.29) is 29.8 Å². The maximum Gasteiger partial charge on any atom is 0.416 e. The number of aliphatic hydroxyl groups is 1. The van der Waals surface area contributed by atoms with E-state index in [9.17, 15) is 27.9 Å². The third kappa shape index (κ3) is 5.39. The van der Waals surface area contributed by atoms with Crippen LogP contribution in [0.25, 0.3) is 0 Å². The number of alkyl halides is 3. The Labute approximate surface area is 222 Å². The Kier molecular flexibility index (Phi) is 7.79. The molecule has 206 valence electrons. The number of carbonyl (C=O) groups excluding carboxylic acids is 2. The van der Waals surface area contributed by atoms with Gasteiger partial charge in [0.25, 0.3) is 5.91 Å². The third-order valence-electron chi connectivity index (χ3n) is 8.19. The van der Waals surface area contributed by atoms with Gasteiger partial charge in [-0.05, 0) is 68.9 Å². The Hall–Kier alpha value is -3.07. The minimum atomic E-state index is -4.47. The van der Waals surface area contributed by atoms with Crippen molar-refractivity contribution in [2.45, 2.75) is 58.5 Å². The van der Waals surface area contributed by atoms with Crippen LogP contribution in [0.4, 0.5) is 18.0 Å². The van der Waals surface area contributed by atoms with Crippen molar-refractivity contribution in [3.05, 3.63) is 70.3 Å². The van der Waals surface area contributed by atoms with E-state index < -0.39 is 23.9 Å². The molecule has 2 saturated heterocycles. The highest BCUT2D eigenvalue weighted by Crippen LogP contribution is 2.45. The summed E-state index contributed by atoms with van der Waals surface area (Å²) >= 11 is 0. The Morgan fingerprint density at radius 2 is 1.76 bits per heavy atom. The van der Waals surface area contributed by atoms with Crippen LogP contribution in [0.15, 0.2) is 42.5 Å². The van der Waals surface area contributed by atoms with E-state index in [1.54, 1.807) is 31.9 Å². The number of hydrogen-bond acceptors (Lipinski definition) is 3. The first kappa shape index (κ1) is 28.0. The topological polar surface area (TPSA) is 64.1 Å². The molecule has 2 aliphatic heterocycles. The van der Waals surface area contributed by atoms with E-state index in [2.05, 4.69) is 0 Å². The summed E-state index contributed by atoms with van der Waals surface area (Å²) in [6.45, 7) is 8.25. The van der Waals surface area contributed by atoms with Crippen LogP contribution in [-0.4, -0.2) is 64.5 Å². The molecule has 2 aromatic rings. The molecule has 0 aromatic heterocycles. The van der Waals surface area contributed by atoms with Crippen molar-refractivity contribution in [3.8, 4) is 0 Å². The first-order valence-electron chi connectivity index (χ1n) is 13.0. The van der Waals surface area contributed by atoms with E-state index in [1.807, 2.05) is 36.1 Å². The summed E-state index contributed by atoms with van der Waals surface area (Å²) in [7, 11) is 1.63. The minimum Gasteiger partial charge on any atom is -0.384 e. The molecule has 2 aliphatic rings. The van der Waals surface area contributed by atoms with Crippen molar-refractivity contribution >= 4 is 11.9 Å². The minimum absolute atomic E-state index is 0.0176. The molecule has 3 amide bonds. The quantitative estimate of drug-likeness (QED) is 0.580. The number of aryl methyl sites for hydroxylation is 2. The summed E-state index contributed by atoms with van der Waals surface area (Å²) in [5.41, 5.74) is 2.20. The number of halogens is 3. The number of likely N-dealkylation sites (tertiary alicyclic amines) is 2. The number of hydrogen-bond donors (Lipinski definition) is 1. The number of rotatable bonds is 4. The summed E-state index contributed by atoms with van der Waals surface area (Å²) in [4.78, 5) is 31.6. The van der Waals surface area contributed by atoms with Gasteiger partial charge in [0.05, 0.1) is 17.6 Å². The molecule has 2 aromatic carbocycles. The van der Waals surface area contributed by atoms with Crippen molar-refractivity contribution in [1.82, 2.24) is 14.7 Å². The molecule has 2 heterocycles. The number of nitrogens with zero attached hydrogens (tertiary/aromatic N) is 3. The van der Waals surface area contributed by atoms with E-state index in [0.29, 0.717) is 37.2 Å². The molecule has 6 nitrogen and oxygen atoms in total. The summed E-state index contributed by atoms with van der Waals surface area (Å²) in [5.74, 6) is -0.150. The Morgan fingerprint density at radius 1 is 1.08 bits per heavy atom. The normalized spacial score (nSPS) is 23.1. The van der Waals surface area contributed by atoms with Crippen LogP contribution in [0.2, 0.25) is 0 Å². The van der Waals surface area contributed by atoms with Crippen LogP contribution in [0.5, 0.6) is 0 Å². The fourth-order valence-electron chi connectivity index (χ4n) is 6.02. The van der Waals surface area contributed by atoms with Crippen LogP contribution in [0.3, 0.4) is 0 Å². The number of carbonyl (C=O) groups is 2. The second-order valence-corrected chi connectivity index (χ2v) is 10.8. The second kappa shape index (κ2) is 10.6. The first-order valence-corrected chi connectivity index (χ1v) is 13.0. The van der Waals surface area contributed by atoms with E-state index in [0.717, 1.165) is 23.3 Å². The molecule has 0 radical (unpaired) electrons. The van der Waals surface area contributed by atoms with Gasteiger partial charge in [-0.25, -0.2) is 4.79 Å². The maximum absolute atomic E-state index is 14.0. The molecule has 0 bridgehead atoms. The summed E-state index contributed by atoms with van der Waals surface area (Å²) in [5, 5.41) is 9.88. The fourth-order valence-corrected chi connectivity index (χ4v) is 6.02. The van der Waals surface area contributed by atoms with Gasteiger partial charge in [0.15, 0.2) is 0 Å². The van der Waals surface area contributed by atoms with Crippen LogP contribution in [-0.2, 0) is 11.0 Å². The van der Waals surface area contributed by atoms with Gasteiger partial charge < -0.3 is 19.8 Å². The molecule has 0 saturated carbocycles. The van der Waals surface area contributed by atoms with Gasteiger partial charge in [-0.1, -0.05) is 35.9 Å². The van der Waals surface area contributed by atoms with E-state index in [1.165, 1.54) is 11.8 Å². The molecule has 1 unspecified atom stereocenters. The highest BCUT2D eigenvalue weighted by Gasteiger charge is 2.48. The highest BCUT2D eigenvalue weighted by molar-refractivity contribution is 5.80. The standard InChI is InChI=1S/C29H36F3N3O3/c1-17-12-22(14-23(13-17)29(30,31)32)19(3)33(5)28(38)35-11-10-21-15-34(27(37)20(4)36)16-25(21)26(35)24-9-7-6-8-18(24)2/h6-9,12-14,19-21,25-26,36H,10-11,15-16H2,1-5H3/t19-,20+,21-,25?,26+/m1/s1. The van der Waals surface area contributed by atoms with Crippen molar-refractivity contribution in [3.63, 3.8) is 0 Å². The molecule has 9 heteroatoms. The lowest BCUT2D eigenvalue weighted by molar-refractivity contribution is -0.138. The van der Waals surface area contributed by atoms with Gasteiger partial charge in [0.2, 0.25) is 0 Å². The van der Waals surface area contributed by atoms with Crippen LogP contribution >= 0.6 is 0 Å². The van der Waals surface area contributed by atoms with E-state index in [4.69, 9.17) is 0 Å². The predicted molar refractivity (Wildman–Crippen MR) is 138 cm³/mol. The van der Waals surface area contributed by atoms with Crippen LogP contribution in [0, 0.1) is 25.7 Å². The maximum atomic E-state index is 14.0. The lowest BCUT2D eigenvalue weighted by Gasteiger charge is -2.45. The first-order chi connectivity index (χ1) is 17.8. The van der Waals surface area contributed by atoms with Crippen molar-refractivity contribution in [2.24, 2.45) is 11.8 Å². The van der Waals surface area contributed by atoms with Gasteiger partial charge in [-0.2, -0.15) is 13.2 Å². The average Bonchev–Trinajstić information content (AvgIpc) is 3.30. The van der Waals surface area contributed by atoms with Crippen LogP contribution < -0.4 is 0 Å². The lowest BCUT2D eigenvalue weighted by Crippen LogP contribution is -2.51. The summed E-state index contributed by atoms with van der Waals surface area (Å²) < 4.78 is 40.4. The molecule has 1 N–H and O–H groups in total. The van der Waals surface area contributed by atoms with Crippen molar-refractivity contribution < 1.29 is 27.9 Å². The van der Waals surface area contributed by atoms with Crippen LogP contribution in [0.1, 0.15) is 60.2 Å². The Balaban J connectivity index is 1.66. The molecule has 0 aliphatic carbocycles. The average molecular weight is 532 g/mol. The number of urea groups is 1. The molecule has 0 spiro atoms. The lowest BCUT2D eigenvalue weighted by atomic mass is 9.78. The highest BCUT2D eigenvalue weighted by atomic mass is 19.4. The van der Waals surface area contributed by atoms with Crippen molar-refractivity contribution in [2.75, 3.05) is 26.7 Å². The SMILES string of the molecule is Cc1cc([C@@H](C)N(C)C(=O)N2CC[C@@H]3CN(C(=O)[C@H](C)O)CC3[C@@H]2c2ccccc2C)cc(C(F)(F)F)c1. The van der Waals surface area contributed by atoms with Crippen molar-refractivity contribution in [1.29, 1.82) is 0 Å². The molecule has 5 atom stereocenters. The smallest absolute Gasteiger partial charge is 0.384 e. The van der Waals surface area contributed by atoms with Gasteiger partial charge >= 0.3 is 12.2 Å². The number of piperidine rings is 1. The molecule has 4 rings (SSSR count). The Bertz CT molecular complexity index is 1200. The number of fused-ring (bicyclic) bond motifs is 1. The molecular formula is C29H36F3N3O3. The summed E-state index contributed by atoms with van der Waals surface area (Å²) in [6.07, 6.45) is -4.86. The zero-order valence-corrected chi connectivity index (χ0v) is 22.5. The van der Waals surface area contributed by atoms with Gasteiger partial charge in [0.1, 0.15) is 6.10 Å². The van der Waals surface area contributed by atoms with Gasteiger partial charge in [0, 0.05) is 32.6 Å². The monoisotopic (exact) mass is 531 g/mol. The largest absolute Gasteiger partial charge is 0.416 e. The number of aliphatic hydroxyl groups excluding tert-OH is 1.